The van der Waals surface area contributed by atoms with Gasteiger partial charge in [0, 0.05) is 10.6 Å². The van der Waals surface area contributed by atoms with Gasteiger partial charge in [0.1, 0.15) is 16.9 Å². The van der Waals surface area contributed by atoms with Crippen LogP contribution >= 0.6 is 23.2 Å². The van der Waals surface area contributed by atoms with E-state index in [1.165, 1.54) is 12.1 Å². The SMILES string of the molecule is COC(=O)C1=C(C(=O)OC)[C@@H]2Oc3c(Cl)cc(Cl)cc3[C@]3(OC(=NC4CCCCC4)C(C(=O)OC)=C3C(=O)OC)[C@]2(C#N)C1=NC1CCCCC1. The molecule has 1 aromatic rings. The first kappa shape index (κ1) is 36.4. The topological polar surface area (TPSA) is 172 Å². The Morgan fingerprint density at radius 3 is 1.88 bits per heavy atom. The van der Waals surface area contributed by atoms with Crippen molar-refractivity contribution in [3.8, 4) is 11.8 Å². The van der Waals surface area contributed by atoms with E-state index in [1.54, 1.807) is 0 Å². The molecule has 51 heavy (non-hydrogen) atoms. The van der Waals surface area contributed by atoms with Gasteiger partial charge in [-0.3, -0.25) is 4.99 Å². The van der Waals surface area contributed by atoms with Crippen LogP contribution in [0.1, 0.15) is 69.8 Å². The number of hydrogen-bond acceptors (Lipinski definition) is 13. The van der Waals surface area contributed by atoms with Crippen LogP contribution in [0.2, 0.25) is 10.0 Å². The largest absolute Gasteiger partial charge is 0.481 e. The van der Waals surface area contributed by atoms with Gasteiger partial charge >= 0.3 is 23.9 Å². The minimum Gasteiger partial charge on any atom is -0.481 e. The lowest BCUT2D eigenvalue weighted by Gasteiger charge is -2.49. The number of aliphatic imine (C=N–C) groups is 2. The van der Waals surface area contributed by atoms with Crippen LogP contribution in [0, 0.1) is 16.7 Å². The number of ether oxygens (including phenoxy) is 6. The summed E-state index contributed by atoms with van der Waals surface area (Å²) in [5, 5.41) is 11.7. The highest BCUT2D eigenvalue weighted by Crippen LogP contribution is 2.66. The van der Waals surface area contributed by atoms with Crippen molar-refractivity contribution in [2.75, 3.05) is 28.4 Å². The van der Waals surface area contributed by atoms with E-state index < -0.39 is 69.3 Å². The van der Waals surface area contributed by atoms with Gasteiger partial charge in [0.2, 0.25) is 11.5 Å². The van der Waals surface area contributed by atoms with Gasteiger partial charge in [0.25, 0.3) is 0 Å². The van der Waals surface area contributed by atoms with E-state index >= 15 is 0 Å². The fraction of sp³-hybridized carbons (Fsp3) is 0.528. The summed E-state index contributed by atoms with van der Waals surface area (Å²) in [6.45, 7) is 0. The molecule has 2 heterocycles. The number of carbonyl (C=O) groups excluding carboxylic acids is 4. The zero-order chi connectivity index (χ0) is 36.7. The summed E-state index contributed by atoms with van der Waals surface area (Å²) in [4.78, 5) is 65.9. The van der Waals surface area contributed by atoms with Crippen molar-refractivity contribution in [2.45, 2.75) is 88.0 Å². The molecule has 0 amide bonds. The minimum absolute atomic E-state index is 0.0523. The molecule has 2 saturated carbocycles. The monoisotopic (exact) mass is 741 g/mol. The molecule has 5 aliphatic rings. The fourth-order valence-electron chi connectivity index (χ4n) is 8.05. The molecule has 0 unspecified atom stereocenters. The minimum atomic E-state index is -2.47. The van der Waals surface area contributed by atoms with Crippen molar-refractivity contribution in [1.82, 2.24) is 0 Å². The van der Waals surface area contributed by atoms with Crippen LogP contribution in [-0.2, 0) is 48.5 Å². The quantitative estimate of drug-likeness (QED) is 0.274. The number of methoxy groups -OCH3 is 4. The first-order valence-electron chi connectivity index (χ1n) is 16.8. The Morgan fingerprint density at radius 1 is 0.784 bits per heavy atom. The van der Waals surface area contributed by atoms with E-state index in [-0.39, 0.29) is 39.0 Å². The van der Waals surface area contributed by atoms with Gasteiger partial charge in [0.05, 0.1) is 68.5 Å². The number of hydrogen-bond donors (Lipinski definition) is 0. The van der Waals surface area contributed by atoms with E-state index in [1.807, 2.05) is 0 Å². The van der Waals surface area contributed by atoms with Crippen molar-refractivity contribution in [2.24, 2.45) is 15.4 Å². The number of fused-ring (bicyclic) bond motifs is 4. The Bertz CT molecular complexity index is 1850. The van der Waals surface area contributed by atoms with Gasteiger partial charge in [0.15, 0.2) is 11.5 Å². The Kier molecular flexibility index (Phi) is 10.2. The van der Waals surface area contributed by atoms with Gasteiger partial charge in [-0.2, -0.15) is 5.26 Å². The van der Waals surface area contributed by atoms with Gasteiger partial charge in [-0.25, -0.2) is 24.2 Å². The molecule has 2 aliphatic heterocycles. The predicted molar refractivity (Wildman–Crippen MR) is 182 cm³/mol. The van der Waals surface area contributed by atoms with Gasteiger partial charge < -0.3 is 28.4 Å². The van der Waals surface area contributed by atoms with Crippen LogP contribution in [0.4, 0.5) is 0 Å². The van der Waals surface area contributed by atoms with E-state index in [9.17, 15) is 24.4 Å². The van der Waals surface area contributed by atoms with E-state index in [4.69, 9.17) is 61.6 Å². The molecule has 15 heteroatoms. The lowest BCUT2D eigenvalue weighted by molar-refractivity contribution is -0.143. The number of benzene rings is 1. The van der Waals surface area contributed by atoms with Crippen molar-refractivity contribution >= 4 is 58.7 Å². The Balaban J connectivity index is 1.82. The number of rotatable bonds is 6. The Morgan fingerprint density at radius 2 is 1.33 bits per heavy atom. The molecule has 0 aromatic heterocycles. The molecule has 0 N–H and O–H groups in total. The van der Waals surface area contributed by atoms with Crippen molar-refractivity contribution in [3.05, 3.63) is 50.0 Å². The maximum Gasteiger partial charge on any atom is 0.344 e. The van der Waals surface area contributed by atoms with E-state index in [0.29, 0.717) is 25.7 Å². The standard InChI is InChI=1S/C36H37Cl2N3O10/c1-46-31(42)23-24(32(43)47-2)29-35(17-39,28(23)40-19-11-7-5-8-12-19)36(21-15-18(37)16-22(38)27(21)50-29)26(34(45)49-4)25(33(44)48-3)30(51-36)41-20-13-9-6-10-14-20/h15-16,19-20,29H,5-14H2,1-4H3/t29-,35+,36+/m0/s1. The molecule has 1 aromatic carbocycles. The summed E-state index contributed by atoms with van der Waals surface area (Å²) in [5.74, 6) is -4.61. The van der Waals surface area contributed by atoms with Crippen molar-refractivity contribution in [3.63, 3.8) is 0 Å². The van der Waals surface area contributed by atoms with Crippen LogP contribution in [0.15, 0.2) is 44.4 Å². The van der Waals surface area contributed by atoms with E-state index in [2.05, 4.69) is 6.07 Å². The summed E-state index contributed by atoms with van der Waals surface area (Å²) in [5.41, 5.74) is -6.93. The third kappa shape index (κ3) is 5.58. The second kappa shape index (κ2) is 14.3. The summed E-state index contributed by atoms with van der Waals surface area (Å²) in [6.07, 6.45) is 6.10. The molecule has 6 rings (SSSR count). The average molecular weight is 743 g/mol. The smallest absolute Gasteiger partial charge is 0.344 e. The highest BCUT2D eigenvalue weighted by atomic mass is 35.5. The molecule has 0 radical (unpaired) electrons. The van der Waals surface area contributed by atoms with Crippen molar-refractivity contribution < 1.29 is 47.6 Å². The molecule has 3 atom stereocenters. The number of nitrogens with zero attached hydrogens (tertiary/aromatic N) is 3. The average Bonchev–Trinajstić information content (AvgIpc) is 3.63. The second-order valence-corrected chi connectivity index (χ2v) is 13.8. The molecule has 13 nitrogen and oxygen atoms in total. The van der Waals surface area contributed by atoms with Crippen LogP contribution in [0.25, 0.3) is 0 Å². The van der Waals surface area contributed by atoms with E-state index in [0.717, 1.165) is 67.0 Å². The molecular formula is C36H37Cl2N3O10. The number of nitriles is 1. The van der Waals surface area contributed by atoms with Crippen LogP contribution in [0.5, 0.6) is 5.75 Å². The van der Waals surface area contributed by atoms with Gasteiger partial charge in [-0.15, -0.1) is 0 Å². The fourth-order valence-corrected chi connectivity index (χ4v) is 8.59. The molecular weight excluding hydrogens is 705 g/mol. The lowest BCUT2D eigenvalue weighted by atomic mass is 9.59. The van der Waals surface area contributed by atoms with Gasteiger partial charge in [-0.1, -0.05) is 61.7 Å². The first-order valence-corrected chi connectivity index (χ1v) is 17.6. The number of halogens is 2. The zero-order valence-electron chi connectivity index (χ0n) is 28.6. The predicted octanol–water partition coefficient (Wildman–Crippen LogP) is 5.29. The first-order chi connectivity index (χ1) is 24.5. The molecule has 0 saturated heterocycles. The van der Waals surface area contributed by atoms with Gasteiger partial charge in [-0.05, 0) is 37.8 Å². The molecule has 0 bridgehead atoms. The molecule has 270 valence electrons. The Hall–Kier alpha value is -4.41. The summed E-state index contributed by atoms with van der Waals surface area (Å²) in [7, 11) is 4.44. The van der Waals surface area contributed by atoms with Crippen molar-refractivity contribution in [1.29, 1.82) is 5.26 Å². The molecule has 3 aliphatic carbocycles. The van der Waals surface area contributed by atoms with Crippen LogP contribution < -0.4 is 4.74 Å². The summed E-state index contributed by atoms with van der Waals surface area (Å²) >= 11 is 13.4. The zero-order valence-corrected chi connectivity index (χ0v) is 30.1. The number of carbonyl (C=O) groups is 4. The summed E-state index contributed by atoms with van der Waals surface area (Å²) in [6, 6.07) is 4.30. The number of esters is 4. The third-order valence-corrected chi connectivity index (χ3v) is 10.8. The normalized spacial score (nSPS) is 27.7. The molecule has 1 spiro atoms. The maximum absolute atomic E-state index is 14.3. The van der Waals surface area contributed by atoms with Crippen LogP contribution in [0.3, 0.4) is 0 Å². The third-order valence-electron chi connectivity index (χ3n) is 10.3. The summed E-state index contributed by atoms with van der Waals surface area (Å²) < 4.78 is 34.3. The maximum atomic E-state index is 14.3. The Labute approximate surface area is 304 Å². The lowest BCUT2D eigenvalue weighted by Crippen LogP contribution is -2.62. The molecule has 2 fully saturated rings. The highest BCUT2D eigenvalue weighted by Gasteiger charge is 2.78. The van der Waals surface area contributed by atoms with Crippen LogP contribution in [-0.4, -0.2) is 82.1 Å². The second-order valence-electron chi connectivity index (χ2n) is 13.0. The highest BCUT2D eigenvalue weighted by molar-refractivity contribution is 6.36.